The highest BCUT2D eigenvalue weighted by Gasteiger charge is 2.15. The Labute approximate surface area is 539 Å². The van der Waals surface area contributed by atoms with Crippen LogP contribution in [-0.2, 0) is 0 Å². The number of carbonyl (C=O) groups is 3. The van der Waals surface area contributed by atoms with E-state index in [9.17, 15) is 14.4 Å². The van der Waals surface area contributed by atoms with Crippen molar-refractivity contribution in [3.8, 4) is 0 Å². The zero-order chi connectivity index (χ0) is 58.8. The van der Waals surface area contributed by atoms with Gasteiger partial charge in [0.2, 0.25) is 47.7 Å². The van der Waals surface area contributed by atoms with Gasteiger partial charge < -0.3 is 90.1 Å². The summed E-state index contributed by atoms with van der Waals surface area (Å²) in [5.41, 5.74) is 78.1. The van der Waals surface area contributed by atoms with Gasteiger partial charge in [0.15, 0.2) is 11.6 Å². The van der Waals surface area contributed by atoms with Gasteiger partial charge >= 0.3 is 6.03 Å². The van der Waals surface area contributed by atoms with Gasteiger partial charge in [-0.15, -0.1) is 117 Å². The third-order valence-corrected chi connectivity index (χ3v) is 10.00. The molecule has 3 rings (SSSR count). The van der Waals surface area contributed by atoms with Crippen LogP contribution in [0.4, 0.5) is 21.9 Å². The van der Waals surface area contributed by atoms with Gasteiger partial charge in [-0.25, -0.2) is 15.6 Å². The number of hydrogen-bond acceptors (Lipinski definition) is 16. The number of nitrogens with two attached hydrogens (primary N) is 12. The monoisotopic (exact) mass is 1340 g/mol. The van der Waals surface area contributed by atoms with Crippen molar-refractivity contribution in [3.63, 3.8) is 0 Å². The van der Waals surface area contributed by atoms with Crippen LogP contribution < -0.4 is 101 Å². The number of ketones is 2. The number of amides is 2. The van der Waals surface area contributed by atoms with Gasteiger partial charge in [0.05, 0.1) is 35.9 Å². The first-order valence-corrected chi connectivity index (χ1v) is 23.4. The molecule has 0 aliphatic rings. The van der Waals surface area contributed by atoms with E-state index in [0.717, 1.165) is 0 Å². The van der Waals surface area contributed by atoms with E-state index < -0.39 is 6.03 Å². The molecule has 0 radical (unpaired) electrons. The van der Waals surface area contributed by atoms with Crippen LogP contribution in [0.5, 0.6) is 0 Å². The Morgan fingerprint density at radius 2 is 0.651 bits per heavy atom. The Morgan fingerprint density at radius 3 is 0.930 bits per heavy atom. The van der Waals surface area contributed by atoms with E-state index in [4.69, 9.17) is 78.8 Å². The summed E-state index contributed by atoms with van der Waals surface area (Å²) in [5.74, 6) is -2.01. The summed E-state index contributed by atoms with van der Waals surface area (Å²) in [5, 5.41) is 51.2. The predicted octanol–water partition coefficient (Wildman–Crippen LogP) is -0.0503. The second kappa shape index (κ2) is 43.7. The summed E-state index contributed by atoms with van der Waals surface area (Å²) in [6.45, 7) is 10.5. The van der Waals surface area contributed by atoms with Crippen molar-refractivity contribution in [2.24, 2.45) is 130 Å². The van der Waals surface area contributed by atoms with Crippen molar-refractivity contribution in [1.82, 2.24) is 21.1 Å². The highest BCUT2D eigenvalue weighted by Crippen LogP contribution is 2.20. The predicted molar refractivity (Wildman–Crippen MR) is 365 cm³/mol. The molecule has 0 bridgehead atoms. The summed E-state index contributed by atoms with van der Waals surface area (Å²) in [6.07, 6.45) is 0. The van der Waals surface area contributed by atoms with E-state index >= 15 is 0 Å². The molecule has 0 aliphatic carbocycles. The van der Waals surface area contributed by atoms with E-state index in [0.29, 0.717) is 56.5 Å². The van der Waals surface area contributed by atoms with Gasteiger partial charge in [-0.3, -0.25) is 24.5 Å². The Morgan fingerprint density at radius 1 is 0.372 bits per heavy atom. The number of hydrazone groups is 2. The molecule has 30 N–H and O–H groups in total. The average molecular weight is 1350 g/mol. The van der Waals surface area contributed by atoms with Crippen molar-refractivity contribution < 1.29 is 14.4 Å². The molecule has 0 unspecified atom stereocenters. The number of anilines is 3. The number of rotatable bonds is 24. The van der Waals surface area contributed by atoms with Gasteiger partial charge in [0.1, 0.15) is 0 Å². The first-order chi connectivity index (χ1) is 37.3. The number of Topliss-reactive ketones (excluding diaryl/α,β-unsaturated/α-hetero) is 2. The summed E-state index contributed by atoms with van der Waals surface area (Å²) in [4.78, 5) is 49.1. The minimum Gasteiger partial charge on any atom is -0.369 e. The van der Waals surface area contributed by atoms with E-state index in [1.54, 1.807) is 64.1 Å². The number of benzene rings is 3. The van der Waals surface area contributed by atoms with Crippen molar-refractivity contribution >= 4 is 192 Å². The minimum absolute atomic E-state index is 0. The van der Waals surface area contributed by atoms with E-state index in [-0.39, 0.29) is 202 Å². The molecule has 0 fully saturated rings. The highest BCUT2D eigenvalue weighted by molar-refractivity contribution is 6.08. The van der Waals surface area contributed by atoms with Crippen molar-refractivity contribution in [2.75, 3.05) is 55.2 Å². The van der Waals surface area contributed by atoms with Crippen LogP contribution in [-0.4, -0.2) is 132 Å². The van der Waals surface area contributed by atoms with E-state index in [1.165, 1.54) is 32.0 Å². The Bertz CT molecular complexity index is 2790. The van der Waals surface area contributed by atoms with Gasteiger partial charge in [-0.2, -0.15) is 20.4 Å². The van der Waals surface area contributed by atoms with Crippen molar-refractivity contribution in [1.29, 1.82) is 0 Å². The summed E-state index contributed by atoms with van der Waals surface area (Å²) >= 11 is 0. The third-order valence-electron chi connectivity index (χ3n) is 10.00. The first-order valence-electron chi connectivity index (χ1n) is 23.4. The molecule has 0 heterocycles. The fourth-order valence-corrected chi connectivity index (χ4v) is 6.26. The molecule has 34 nitrogen and oxygen atoms in total. The lowest BCUT2D eigenvalue weighted by Crippen LogP contribution is -2.40. The number of nitrogens with one attached hydrogen (secondary N) is 6. The Kier molecular flexibility index (Phi) is 43.6. The van der Waals surface area contributed by atoms with Crippen LogP contribution >= 0.6 is 86.8 Å². The molecule has 0 atom stereocenters. The van der Waals surface area contributed by atoms with Gasteiger partial charge in [-0.05, 0) is 96.1 Å². The normalized spacial score (nSPS) is 11.1. The molecule has 3 aromatic rings. The van der Waals surface area contributed by atoms with Crippen molar-refractivity contribution in [2.45, 2.75) is 41.5 Å². The number of nitrogens with zero attached hydrogens (tertiary/aromatic N) is 13. The molecule has 478 valence electrons. The van der Waals surface area contributed by atoms with Crippen molar-refractivity contribution in [3.05, 3.63) is 88.0 Å². The first kappa shape index (κ1) is 85.9. The second-order valence-electron chi connectivity index (χ2n) is 16.6. The van der Waals surface area contributed by atoms with Crippen LogP contribution in [0, 0.1) is 0 Å². The number of aliphatic imine (C=N–C) groups is 2. The molecule has 2 amide bonds. The standard InChI is InChI=1S/C45H69N31O3.7ClH/c1-22(64-68-37(46)47)28-13-29(23(2)65-69-38(48)49)17-34(16-28)61-43(74-72-41(54)55)58-7-10-76(12-9-60-45(79)63-36-20-32(26(5)77)15-33(21-36)27(6)78)11-8-59-44(75-73-42(56)57)62-35-18-30(24(3)66-70-39(50)51)14-31(19-35)25(4)67-71-40(52)53;;;;;;;/h13-21H,7-12H2,1-6H3,(H4,46,47,68)(H4,48,49,69)(H4,50,51,70)(H4,52,53,71)(H4,54,55,72)(H4,56,57,73)(H2,58,61,74)(H2,59,62,75)(H2,60,63,79);7*1H. The quantitative estimate of drug-likeness (QED) is 0.0242. The highest BCUT2D eigenvalue weighted by atomic mass is 35.5. The molecule has 0 saturated heterocycles. The van der Waals surface area contributed by atoms with Crippen LogP contribution in [0.15, 0.2) is 116 Å². The van der Waals surface area contributed by atoms with E-state index in [1.807, 2.05) is 4.90 Å². The molecule has 0 spiro atoms. The summed E-state index contributed by atoms with van der Waals surface area (Å²) < 4.78 is 0. The average Bonchev–Trinajstić information content (AvgIpc) is 3.37. The summed E-state index contributed by atoms with van der Waals surface area (Å²) in [6, 6.07) is 14.2. The molecular formula is C45H76Cl7N31O3. The largest absolute Gasteiger partial charge is 0.369 e. The maximum absolute atomic E-state index is 13.2. The van der Waals surface area contributed by atoms with Gasteiger partial charge in [0.25, 0.3) is 0 Å². The smallest absolute Gasteiger partial charge is 0.319 e. The second-order valence-corrected chi connectivity index (χ2v) is 16.6. The molecule has 41 heteroatoms. The summed E-state index contributed by atoms with van der Waals surface area (Å²) in [7, 11) is 0. The Hall–Kier alpha value is -8.90. The number of carbonyl (C=O) groups excluding carboxylic acids is 3. The fourth-order valence-electron chi connectivity index (χ4n) is 6.26. The van der Waals surface area contributed by atoms with Crippen LogP contribution in [0.3, 0.4) is 0 Å². The van der Waals surface area contributed by atoms with E-state index in [2.05, 4.69) is 83.1 Å². The van der Waals surface area contributed by atoms with Gasteiger partial charge in [0, 0.05) is 76.6 Å². The van der Waals surface area contributed by atoms with Crippen LogP contribution in [0.2, 0.25) is 0 Å². The lowest BCUT2D eigenvalue weighted by molar-refractivity contribution is 0.101. The minimum atomic E-state index is -0.607. The molecular weight excluding hydrogens is 1270 g/mol. The maximum Gasteiger partial charge on any atom is 0.319 e. The molecule has 0 aromatic heterocycles. The fraction of sp³-hybridized carbons (Fsp3) is 0.267. The third kappa shape index (κ3) is 33.4. The number of halogens is 7. The zero-order valence-corrected chi connectivity index (χ0v) is 53.0. The molecule has 86 heavy (non-hydrogen) atoms. The molecule has 0 saturated carbocycles. The molecule has 3 aromatic carbocycles. The maximum atomic E-state index is 13.2. The van der Waals surface area contributed by atoms with Gasteiger partial charge in [-0.1, -0.05) is 0 Å². The number of hydrogen-bond donors (Lipinski definition) is 18. The SMILES string of the molecule is CC(=O)c1cc(NC(=O)NCCN(CCN=C(NN=C(N)N)Nc2cc(C(C)=NN=C(N)N)cc(C(C)=NN=C(N)N)c2)CCN=C(NN=C(N)N)Nc2cc(C(C)=NN=C(N)N)cc(C(C)=NN=C(N)N)c2)cc(C(C)=O)c1.Cl.Cl.Cl.Cl.Cl.Cl.Cl. The molecule has 0 aliphatic heterocycles. The Balaban J connectivity index is -0.00000312. The number of urea groups is 1. The zero-order valence-electron chi connectivity index (χ0n) is 47.3. The lowest BCUT2D eigenvalue weighted by atomic mass is 10.0. The topological polar surface area (TPSA) is 587 Å². The van der Waals surface area contributed by atoms with Crippen LogP contribution in [0.25, 0.3) is 0 Å². The number of guanidine groups is 8. The lowest BCUT2D eigenvalue weighted by Gasteiger charge is -2.22. The van der Waals surface area contributed by atoms with Crippen LogP contribution in [0.1, 0.15) is 84.5 Å².